The fraction of sp³-hybridized carbons (Fsp3) is 0.500. The minimum Gasteiger partial charge on any atom is -0.393 e. The maximum Gasteiger partial charge on any atom is 0.231 e. The maximum absolute atomic E-state index is 12.4. The molecule has 3 N–H and O–H groups in total. The largest absolute Gasteiger partial charge is 0.393 e. The van der Waals surface area contributed by atoms with Crippen LogP contribution in [0.3, 0.4) is 0 Å². The molecule has 27 heavy (non-hydrogen) atoms. The molecule has 1 saturated heterocycles. The Labute approximate surface area is 155 Å². The topological polar surface area (TPSA) is 101 Å². The summed E-state index contributed by atoms with van der Waals surface area (Å²) in [4.78, 5) is 12.4. The molecule has 1 aliphatic carbocycles. The Morgan fingerprint density at radius 3 is 2.67 bits per heavy atom. The molecule has 5 rings (SSSR count). The van der Waals surface area contributed by atoms with Crippen LogP contribution in [0.15, 0.2) is 28.9 Å². The second-order valence-electron chi connectivity index (χ2n) is 7.78. The number of amides is 1. The predicted octanol–water partition coefficient (Wildman–Crippen LogP) is 2.57. The highest BCUT2D eigenvalue weighted by atomic mass is 16.5. The van der Waals surface area contributed by atoms with Crippen LogP contribution in [0.1, 0.15) is 56.2 Å². The van der Waals surface area contributed by atoms with Gasteiger partial charge in [-0.25, -0.2) is 0 Å². The van der Waals surface area contributed by atoms with Crippen LogP contribution in [0, 0.1) is 0 Å². The van der Waals surface area contributed by atoms with Crippen molar-refractivity contribution < 1.29 is 19.5 Å². The smallest absolute Gasteiger partial charge is 0.231 e. The van der Waals surface area contributed by atoms with Gasteiger partial charge in [0.05, 0.1) is 17.4 Å². The minimum atomic E-state index is -0.783. The van der Waals surface area contributed by atoms with Gasteiger partial charge in [-0.2, -0.15) is 0 Å². The van der Waals surface area contributed by atoms with Gasteiger partial charge in [0.15, 0.2) is 5.58 Å². The molecule has 2 unspecified atom stereocenters. The molecule has 2 aromatic heterocycles. The molecule has 2 fully saturated rings. The van der Waals surface area contributed by atoms with Crippen LogP contribution in [0.4, 0.5) is 0 Å². The van der Waals surface area contributed by atoms with Gasteiger partial charge in [-0.1, -0.05) is 5.16 Å². The SMILES string of the molecule is O=C1NC(O)CCC1c1noc2ccc3c(ccn3C3CCC(O)CC3)c12. The first-order valence-corrected chi connectivity index (χ1v) is 9.67. The number of aliphatic hydroxyl groups excluding tert-OH is 2. The highest BCUT2D eigenvalue weighted by Crippen LogP contribution is 2.38. The third-order valence-electron chi connectivity index (χ3n) is 6.11. The van der Waals surface area contributed by atoms with Gasteiger partial charge >= 0.3 is 0 Å². The third-order valence-corrected chi connectivity index (χ3v) is 6.11. The van der Waals surface area contributed by atoms with Crippen LogP contribution in [0.2, 0.25) is 0 Å². The van der Waals surface area contributed by atoms with E-state index in [-0.39, 0.29) is 12.0 Å². The van der Waals surface area contributed by atoms with E-state index in [1.165, 1.54) is 0 Å². The second-order valence-corrected chi connectivity index (χ2v) is 7.78. The molecule has 1 amide bonds. The van der Waals surface area contributed by atoms with E-state index in [1.807, 2.05) is 12.1 Å². The van der Waals surface area contributed by atoms with E-state index < -0.39 is 12.1 Å². The Hall–Kier alpha value is -2.38. The van der Waals surface area contributed by atoms with Gasteiger partial charge in [-0.15, -0.1) is 0 Å². The molecule has 0 bridgehead atoms. The van der Waals surface area contributed by atoms with Gasteiger partial charge in [0.1, 0.15) is 11.9 Å². The lowest BCUT2D eigenvalue weighted by Gasteiger charge is -2.27. The van der Waals surface area contributed by atoms with Crippen LogP contribution in [-0.4, -0.2) is 38.2 Å². The Balaban J connectivity index is 1.59. The van der Waals surface area contributed by atoms with E-state index in [0.29, 0.717) is 30.2 Å². The van der Waals surface area contributed by atoms with Crippen molar-refractivity contribution in [3.63, 3.8) is 0 Å². The molecule has 7 heteroatoms. The lowest BCUT2D eigenvalue weighted by molar-refractivity contribution is -0.128. The molecule has 3 aromatic rings. The van der Waals surface area contributed by atoms with Gasteiger partial charge in [-0.05, 0) is 56.7 Å². The van der Waals surface area contributed by atoms with Crippen LogP contribution in [0.25, 0.3) is 21.9 Å². The summed E-state index contributed by atoms with van der Waals surface area (Å²) < 4.78 is 7.80. The van der Waals surface area contributed by atoms with Gasteiger partial charge < -0.3 is 24.6 Å². The maximum atomic E-state index is 12.4. The number of hydrogen-bond donors (Lipinski definition) is 3. The molecule has 1 aliphatic heterocycles. The number of aromatic nitrogens is 2. The number of nitrogens with one attached hydrogen (secondary N) is 1. The quantitative estimate of drug-likeness (QED) is 0.645. The van der Waals surface area contributed by atoms with Crippen molar-refractivity contribution in [3.05, 3.63) is 30.1 Å². The standard InChI is InChI=1S/C20H23N3O4/c24-12-3-1-11(2-4-12)23-10-9-13-15(23)6-7-16-18(13)19(22-27-16)14-5-8-17(25)21-20(14)26/h6-7,9-12,14,17,24-25H,1-5,8H2,(H,21,26). The Morgan fingerprint density at radius 2 is 1.89 bits per heavy atom. The summed E-state index contributed by atoms with van der Waals surface area (Å²) in [5, 5.41) is 28.2. The molecule has 0 radical (unpaired) electrons. The van der Waals surface area contributed by atoms with Crippen molar-refractivity contribution in [2.75, 3.05) is 0 Å². The first-order valence-electron chi connectivity index (χ1n) is 9.67. The fourth-order valence-electron chi connectivity index (χ4n) is 4.65. The first-order chi connectivity index (χ1) is 13.1. The summed E-state index contributed by atoms with van der Waals surface area (Å²) in [6.07, 6.45) is 5.76. The fourth-order valence-corrected chi connectivity index (χ4v) is 4.65. The summed E-state index contributed by atoms with van der Waals surface area (Å²) in [5.74, 6) is -0.616. The number of carbonyl (C=O) groups is 1. The molecule has 1 aromatic carbocycles. The molecule has 142 valence electrons. The van der Waals surface area contributed by atoms with E-state index in [2.05, 4.69) is 27.3 Å². The number of hydrogen-bond acceptors (Lipinski definition) is 5. The zero-order chi connectivity index (χ0) is 18.5. The summed E-state index contributed by atoms with van der Waals surface area (Å²) >= 11 is 0. The minimum absolute atomic E-state index is 0.181. The number of nitrogens with zero attached hydrogens (tertiary/aromatic N) is 2. The third kappa shape index (κ3) is 2.73. The highest BCUT2D eigenvalue weighted by Gasteiger charge is 2.33. The Morgan fingerprint density at radius 1 is 1.07 bits per heavy atom. The number of aliphatic hydroxyl groups is 2. The van der Waals surface area contributed by atoms with Gasteiger partial charge in [0, 0.05) is 23.1 Å². The monoisotopic (exact) mass is 369 g/mol. The van der Waals surface area contributed by atoms with E-state index in [9.17, 15) is 15.0 Å². The summed E-state index contributed by atoms with van der Waals surface area (Å²) in [6.45, 7) is 0. The molecular weight excluding hydrogens is 346 g/mol. The van der Waals surface area contributed by atoms with Gasteiger partial charge in [0.2, 0.25) is 5.91 Å². The molecule has 1 saturated carbocycles. The Bertz CT molecular complexity index is 999. The first kappa shape index (κ1) is 16.8. The van der Waals surface area contributed by atoms with Crippen LogP contribution in [0.5, 0.6) is 0 Å². The number of fused-ring (bicyclic) bond motifs is 3. The van der Waals surface area contributed by atoms with E-state index in [1.54, 1.807) is 0 Å². The van der Waals surface area contributed by atoms with Crippen molar-refractivity contribution in [3.8, 4) is 0 Å². The van der Waals surface area contributed by atoms with Gasteiger partial charge in [-0.3, -0.25) is 4.79 Å². The normalized spacial score (nSPS) is 29.3. The van der Waals surface area contributed by atoms with Crippen molar-refractivity contribution in [1.29, 1.82) is 0 Å². The van der Waals surface area contributed by atoms with Crippen LogP contribution in [-0.2, 0) is 4.79 Å². The van der Waals surface area contributed by atoms with E-state index in [0.717, 1.165) is 42.0 Å². The number of carbonyl (C=O) groups excluding carboxylic acids is 1. The lowest BCUT2D eigenvalue weighted by atomic mass is 9.91. The van der Waals surface area contributed by atoms with E-state index in [4.69, 9.17) is 4.52 Å². The molecular formula is C20H23N3O4. The Kier molecular flexibility index (Phi) is 3.94. The van der Waals surface area contributed by atoms with Crippen molar-refractivity contribution >= 4 is 27.8 Å². The summed E-state index contributed by atoms with van der Waals surface area (Å²) in [7, 11) is 0. The zero-order valence-corrected chi connectivity index (χ0v) is 15.0. The molecule has 0 spiro atoms. The predicted molar refractivity (Wildman–Crippen MR) is 99.1 cm³/mol. The summed E-state index contributed by atoms with van der Waals surface area (Å²) in [5.41, 5.74) is 2.43. The van der Waals surface area contributed by atoms with Crippen molar-refractivity contribution in [2.45, 2.75) is 62.8 Å². The van der Waals surface area contributed by atoms with Crippen molar-refractivity contribution in [1.82, 2.24) is 15.0 Å². The highest BCUT2D eigenvalue weighted by molar-refractivity contribution is 6.07. The lowest BCUT2D eigenvalue weighted by Crippen LogP contribution is -2.42. The van der Waals surface area contributed by atoms with Crippen LogP contribution >= 0.6 is 0 Å². The van der Waals surface area contributed by atoms with E-state index >= 15 is 0 Å². The zero-order valence-electron chi connectivity index (χ0n) is 15.0. The molecule has 2 atom stereocenters. The summed E-state index contributed by atoms with van der Waals surface area (Å²) in [6, 6.07) is 6.40. The van der Waals surface area contributed by atoms with Gasteiger partial charge in [0.25, 0.3) is 0 Å². The number of piperidine rings is 1. The number of rotatable bonds is 2. The van der Waals surface area contributed by atoms with Crippen LogP contribution < -0.4 is 5.32 Å². The van der Waals surface area contributed by atoms with Crippen molar-refractivity contribution in [2.24, 2.45) is 0 Å². The number of benzene rings is 1. The average Bonchev–Trinajstić information content (AvgIpc) is 3.26. The molecule has 7 nitrogen and oxygen atoms in total. The average molecular weight is 369 g/mol. The second kappa shape index (κ2) is 6.35. The molecule has 3 heterocycles. The molecule has 2 aliphatic rings.